The van der Waals surface area contributed by atoms with Crippen molar-refractivity contribution in [2.24, 2.45) is 0 Å². The van der Waals surface area contributed by atoms with Gasteiger partial charge in [0.2, 0.25) is 11.1 Å². The summed E-state index contributed by atoms with van der Waals surface area (Å²) in [6.45, 7) is 5.91. The van der Waals surface area contributed by atoms with Gasteiger partial charge in [-0.1, -0.05) is 35.5 Å². The van der Waals surface area contributed by atoms with Crippen molar-refractivity contribution >= 4 is 29.3 Å². The number of anilines is 2. The van der Waals surface area contributed by atoms with Crippen LogP contribution in [0.15, 0.2) is 59.2 Å². The van der Waals surface area contributed by atoms with E-state index in [0.717, 1.165) is 28.1 Å². The van der Waals surface area contributed by atoms with Crippen LogP contribution in [0.3, 0.4) is 0 Å². The molecule has 2 aromatic heterocycles. The number of allylic oxidation sites excluding steroid dienone is 1. The highest BCUT2D eigenvalue weighted by atomic mass is 32.2. The summed E-state index contributed by atoms with van der Waals surface area (Å²) in [7, 11) is 0. The molecule has 3 heterocycles. The summed E-state index contributed by atoms with van der Waals surface area (Å²) < 4.78 is 1.76. The molecule has 0 saturated carbocycles. The Balaban J connectivity index is 1.77. The molecule has 8 heteroatoms. The fourth-order valence-corrected chi connectivity index (χ4v) is 3.85. The summed E-state index contributed by atoms with van der Waals surface area (Å²) in [4.78, 5) is 22.1. The first-order valence-corrected chi connectivity index (χ1v) is 10.5. The third-order valence-electron chi connectivity index (χ3n) is 4.89. The summed E-state index contributed by atoms with van der Waals surface area (Å²) in [5.41, 5.74) is 5.17. The molecule has 2 N–H and O–H groups in total. The molecule has 0 radical (unpaired) electrons. The maximum atomic E-state index is 13.4. The zero-order chi connectivity index (χ0) is 20.5. The lowest BCUT2D eigenvalue weighted by Crippen LogP contribution is -2.31. The van der Waals surface area contributed by atoms with Crippen LogP contribution in [0.1, 0.15) is 29.7 Å². The molecule has 0 unspecified atom stereocenters. The molecule has 1 amide bonds. The van der Waals surface area contributed by atoms with Gasteiger partial charge < -0.3 is 10.6 Å². The van der Waals surface area contributed by atoms with E-state index in [1.54, 1.807) is 17.1 Å². The van der Waals surface area contributed by atoms with E-state index < -0.39 is 6.04 Å². The van der Waals surface area contributed by atoms with E-state index in [9.17, 15) is 4.79 Å². The van der Waals surface area contributed by atoms with Crippen molar-refractivity contribution in [3.63, 3.8) is 0 Å². The lowest BCUT2D eigenvalue weighted by Gasteiger charge is -2.28. The highest BCUT2D eigenvalue weighted by molar-refractivity contribution is 7.98. The zero-order valence-electron chi connectivity index (χ0n) is 16.7. The first-order chi connectivity index (χ1) is 14.0. The number of hydrogen-bond acceptors (Lipinski definition) is 6. The van der Waals surface area contributed by atoms with E-state index in [0.29, 0.717) is 16.7 Å². The Hall–Kier alpha value is -3.13. The zero-order valence-corrected chi connectivity index (χ0v) is 17.5. The molecule has 0 fully saturated rings. The summed E-state index contributed by atoms with van der Waals surface area (Å²) in [6.07, 6.45) is 5.40. The SMILES string of the molecule is CSc1nc2n(n1)[C@H](c1cccnc1)C(C(=O)Nc1ccc(C)cc1C)=C(C)N2. The van der Waals surface area contributed by atoms with Gasteiger partial charge in [-0.2, -0.15) is 4.98 Å². The Labute approximate surface area is 173 Å². The molecule has 0 saturated heterocycles. The Morgan fingerprint density at radius 1 is 1.24 bits per heavy atom. The van der Waals surface area contributed by atoms with Gasteiger partial charge in [0.1, 0.15) is 6.04 Å². The largest absolute Gasteiger partial charge is 0.328 e. The van der Waals surface area contributed by atoms with Crippen molar-refractivity contribution in [2.45, 2.75) is 32.0 Å². The first-order valence-electron chi connectivity index (χ1n) is 9.24. The quantitative estimate of drug-likeness (QED) is 0.639. The Morgan fingerprint density at radius 3 is 2.76 bits per heavy atom. The maximum Gasteiger partial charge on any atom is 0.255 e. The second kappa shape index (κ2) is 7.71. The molecule has 1 aromatic carbocycles. The number of carbonyl (C=O) groups excluding carboxylic acids is 1. The molecule has 1 atom stereocenters. The highest BCUT2D eigenvalue weighted by Gasteiger charge is 2.34. The number of nitrogens with one attached hydrogen (secondary N) is 2. The molecule has 3 aromatic rings. The second-order valence-corrected chi connectivity index (χ2v) is 7.77. The van der Waals surface area contributed by atoms with E-state index in [-0.39, 0.29) is 5.91 Å². The van der Waals surface area contributed by atoms with E-state index >= 15 is 0 Å². The first kappa shape index (κ1) is 19.2. The molecule has 4 rings (SSSR count). The fraction of sp³-hybridized carbons (Fsp3) is 0.238. The van der Waals surface area contributed by atoms with Gasteiger partial charge in [-0.25, -0.2) is 4.68 Å². The van der Waals surface area contributed by atoms with Crippen LogP contribution in [0, 0.1) is 13.8 Å². The molecule has 0 aliphatic carbocycles. The van der Waals surface area contributed by atoms with Crippen LogP contribution in [0.4, 0.5) is 11.6 Å². The standard InChI is InChI=1S/C21H22N6OS/c1-12-7-8-16(13(2)10-12)24-19(28)17-14(3)23-20-25-21(29-4)26-27(20)18(17)15-6-5-9-22-11-15/h5-11,18H,1-4H3,(H,24,28)(H,23,25,26)/t18-/m1/s1. The third kappa shape index (κ3) is 3.63. The number of nitrogens with zero attached hydrogens (tertiary/aromatic N) is 4. The molecule has 148 valence electrons. The van der Waals surface area contributed by atoms with Crippen LogP contribution in [-0.2, 0) is 4.79 Å². The molecular weight excluding hydrogens is 384 g/mol. The number of aromatic nitrogens is 4. The van der Waals surface area contributed by atoms with Gasteiger partial charge in [-0.3, -0.25) is 9.78 Å². The van der Waals surface area contributed by atoms with Crippen molar-refractivity contribution in [3.8, 4) is 0 Å². The van der Waals surface area contributed by atoms with Crippen molar-refractivity contribution in [1.82, 2.24) is 19.7 Å². The fourth-order valence-electron chi connectivity index (χ4n) is 3.50. The maximum absolute atomic E-state index is 13.4. The van der Waals surface area contributed by atoms with Crippen molar-refractivity contribution in [1.29, 1.82) is 0 Å². The molecule has 0 spiro atoms. The number of benzene rings is 1. The van der Waals surface area contributed by atoms with Crippen LogP contribution in [0.5, 0.6) is 0 Å². The topological polar surface area (TPSA) is 84.7 Å². The highest BCUT2D eigenvalue weighted by Crippen LogP contribution is 2.36. The normalized spacial score (nSPS) is 15.7. The predicted octanol–water partition coefficient (Wildman–Crippen LogP) is 3.94. The summed E-state index contributed by atoms with van der Waals surface area (Å²) in [5.74, 6) is 0.437. The minimum Gasteiger partial charge on any atom is -0.328 e. The van der Waals surface area contributed by atoms with Gasteiger partial charge in [0.25, 0.3) is 5.91 Å². The molecule has 7 nitrogen and oxygen atoms in total. The number of amides is 1. The van der Waals surface area contributed by atoms with Crippen molar-refractivity contribution < 1.29 is 4.79 Å². The van der Waals surface area contributed by atoms with E-state index in [4.69, 9.17) is 0 Å². The number of thioether (sulfide) groups is 1. The average Bonchev–Trinajstić information content (AvgIpc) is 3.12. The number of carbonyl (C=O) groups is 1. The number of pyridine rings is 1. The average molecular weight is 407 g/mol. The third-order valence-corrected chi connectivity index (χ3v) is 5.43. The van der Waals surface area contributed by atoms with Gasteiger partial charge in [0.15, 0.2) is 0 Å². The number of hydrogen-bond donors (Lipinski definition) is 2. The Bertz CT molecular complexity index is 1110. The lowest BCUT2D eigenvalue weighted by atomic mass is 9.96. The van der Waals surface area contributed by atoms with Gasteiger partial charge >= 0.3 is 0 Å². The Morgan fingerprint density at radius 2 is 2.07 bits per heavy atom. The monoisotopic (exact) mass is 406 g/mol. The van der Waals surface area contributed by atoms with Crippen LogP contribution < -0.4 is 10.6 Å². The number of aryl methyl sites for hydroxylation is 2. The Kier molecular flexibility index (Phi) is 5.10. The van der Waals surface area contributed by atoms with Crippen molar-refractivity contribution in [3.05, 3.63) is 70.7 Å². The van der Waals surface area contributed by atoms with E-state index in [1.165, 1.54) is 11.8 Å². The molecule has 0 bridgehead atoms. The van der Waals surface area contributed by atoms with Crippen LogP contribution in [0.2, 0.25) is 0 Å². The minimum absolute atomic E-state index is 0.178. The molecule has 29 heavy (non-hydrogen) atoms. The molecule has 1 aliphatic rings. The summed E-state index contributed by atoms with van der Waals surface area (Å²) >= 11 is 1.46. The smallest absolute Gasteiger partial charge is 0.255 e. The predicted molar refractivity (Wildman–Crippen MR) is 115 cm³/mol. The lowest BCUT2D eigenvalue weighted by molar-refractivity contribution is -0.113. The van der Waals surface area contributed by atoms with Crippen LogP contribution in [0.25, 0.3) is 0 Å². The number of rotatable bonds is 4. The van der Waals surface area contributed by atoms with E-state index in [2.05, 4.69) is 31.8 Å². The van der Waals surface area contributed by atoms with E-state index in [1.807, 2.05) is 51.3 Å². The molecular formula is C21H22N6OS. The summed E-state index contributed by atoms with van der Waals surface area (Å²) in [6, 6.07) is 9.36. The second-order valence-electron chi connectivity index (χ2n) is 6.99. The van der Waals surface area contributed by atoms with Gasteiger partial charge in [0.05, 0.1) is 5.57 Å². The van der Waals surface area contributed by atoms with Gasteiger partial charge in [0, 0.05) is 23.8 Å². The molecule has 1 aliphatic heterocycles. The number of fused-ring (bicyclic) bond motifs is 1. The van der Waals surface area contributed by atoms with Gasteiger partial charge in [-0.05, 0) is 50.3 Å². The van der Waals surface area contributed by atoms with Gasteiger partial charge in [-0.15, -0.1) is 5.10 Å². The van der Waals surface area contributed by atoms with Crippen LogP contribution >= 0.6 is 11.8 Å². The van der Waals surface area contributed by atoms with Crippen molar-refractivity contribution in [2.75, 3.05) is 16.9 Å². The minimum atomic E-state index is -0.417. The van der Waals surface area contributed by atoms with Crippen LogP contribution in [-0.4, -0.2) is 31.9 Å². The summed E-state index contributed by atoms with van der Waals surface area (Å²) in [5, 5.41) is 11.5.